The van der Waals surface area contributed by atoms with Gasteiger partial charge in [0.15, 0.2) is 0 Å². The van der Waals surface area contributed by atoms with Crippen molar-refractivity contribution in [3.05, 3.63) is 23.8 Å². The van der Waals surface area contributed by atoms with Crippen LogP contribution in [0.2, 0.25) is 0 Å². The molecular weight excluding hydrogens is 202 g/mol. The summed E-state index contributed by atoms with van der Waals surface area (Å²) in [7, 11) is 0. The predicted octanol–water partition coefficient (Wildman–Crippen LogP) is 1.03. The zero-order chi connectivity index (χ0) is 11.7. The number of hydrogen-bond donors (Lipinski definition) is 2. The second kappa shape index (κ2) is 4.04. The number of aryl methyl sites for hydroxylation is 1. The van der Waals surface area contributed by atoms with Crippen molar-refractivity contribution < 1.29 is 4.79 Å². The van der Waals surface area contributed by atoms with Crippen LogP contribution in [0.15, 0.2) is 18.2 Å². The third-order valence-electron chi connectivity index (χ3n) is 3.19. The summed E-state index contributed by atoms with van der Waals surface area (Å²) in [5.41, 5.74) is 14.1. The first-order valence-corrected chi connectivity index (χ1v) is 5.52. The van der Waals surface area contributed by atoms with E-state index in [1.165, 1.54) is 0 Å². The third kappa shape index (κ3) is 1.71. The van der Waals surface area contributed by atoms with Gasteiger partial charge in [-0.15, -0.1) is 0 Å². The molecule has 1 heterocycles. The van der Waals surface area contributed by atoms with Gasteiger partial charge in [-0.05, 0) is 31.4 Å². The smallest absolute Gasteiger partial charge is 0.240 e. The number of carbonyl (C=O) groups excluding carboxylic acids is 1. The van der Waals surface area contributed by atoms with Crippen LogP contribution in [0.3, 0.4) is 0 Å². The van der Waals surface area contributed by atoms with Gasteiger partial charge in [-0.3, -0.25) is 4.79 Å². The number of carbonyl (C=O) groups is 1. The van der Waals surface area contributed by atoms with E-state index >= 15 is 0 Å². The summed E-state index contributed by atoms with van der Waals surface area (Å²) < 4.78 is 0. The molecule has 1 aromatic rings. The van der Waals surface area contributed by atoms with E-state index in [0.717, 1.165) is 36.3 Å². The first kappa shape index (κ1) is 10.8. The summed E-state index contributed by atoms with van der Waals surface area (Å²) in [5.74, 6) is -0.265. The lowest BCUT2D eigenvalue weighted by atomic mass is 10.1. The third-order valence-corrected chi connectivity index (χ3v) is 3.19. The van der Waals surface area contributed by atoms with Gasteiger partial charge >= 0.3 is 0 Å². The highest BCUT2D eigenvalue weighted by Gasteiger charge is 2.30. The molecule has 0 radical (unpaired) electrons. The highest BCUT2D eigenvalue weighted by Crippen LogP contribution is 2.31. The number of benzene rings is 1. The summed E-state index contributed by atoms with van der Waals surface area (Å²) in [4.78, 5) is 13.3. The average Bonchev–Trinajstić information content (AvgIpc) is 2.70. The van der Waals surface area contributed by atoms with E-state index < -0.39 is 0 Å². The van der Waals surface area contributed by atoms with Gasteiger partial charge in [0.1, 0.15) is 6.04 Å². The number of primary amides is 1. The second-order valence-electron chi connectivity index (χ2n) is 4.26. The number of anilines is 2. The maximum Gasteiger partial charge on any atom is 0.240 e. The number of amides is 1. The van der Waals surface area contributed by atoms with E-state index in [1.807, 2.05) is 30.0 Å². The van der Waals surface area contributed by atoms with Crippen molar-refractivity contribution in [3.8, 4) is 0 Å². The van der Waals surface area contributed by atoms with Crippen LogP contribution >= 0.6 is 0 Å². The molecule has 1 aliphatic rings. The number of rotatable bonds is 2. The van der Waals surface area contributed by atoms with Crippen molar-refractivity contribution in [1.29, 1.82) is 0 Å². The molecule has 1 fully saturated rings. The SMILES string of the molecule is Cc1cccc(N2CCCC2C(N)=O)c1N. The van der Waals surface area contributed by atoms with Crippen LogP contribution in [0.1, 0.15) is 18.4 Å². The molecule has 0 spiro atoms. The number of nitrogens with zero attached hydrogens (tertiary/aromatic N) is 1. The molecule has 1 aliphatic heterocycles. The average molecular weight is 219 g/mol. The molecule has 4 nitrogen and oxygen atoms in total. The molecule has 4 N–H and O–H groups in total. The Balaban J connectivity index is 2.36. The Bertz CT molecular complexity index is 417. The minimum absolute atomic E-state index is 0.205. The maximum absolute atomic E-state index is 11.3. The fourth-order valence-corrected chi connectivity index (χ4v) is 2.27. The molecule has 0 bridgehead atoms. The molecule has 1 saturated heterocycles. The number of nitrogen functional groups attached to an aromatic ring is 1. The normalized spacial score (nSPS) is 20.1. The monoisotopic (exact) mass is 219 g/mol. The van der Waals surface area contributed by atoms with Crippen LogP contribution < -0.4 is 16.4 Å². The Kier molecular flexibility index (Phi) is 2.73. The second-order valence-corrected chi connectivity index (χ2v) is 4.26. The van der Waals surface area contributed by atoms with Gasteiger partial charge in [0, 0.05) is 6.54 Å². The molecule has 1 atom stereocenters. The zero-order valence-electron chi connectivity index (χ0n) is 9.44. The molecule has 0 aromatic heterocycles. The van der Waals surface area contributed by atoms with Crippen molar-refractivity contribution in [2.24, 2.45) is 5.73 Å². The van der Waals surface area contributed by atoms with E-state index in [2.05, 4.69) is 0 Å². The van der Waals surface area contributed by atoms with Crippen molar-refractivity contribution in [3.63, 3.8) is 0 Å². The predicted molar refractivity (Wildman–Crippen MR) is 65.2 cm³/mol. The summed E-state index contributed by atoms with van der Waals surface area (Å²) in [5, 5.41) is 0. The van der Waals surface area contributed by atoms with Crippen LogP contribution in [-0.4, -0.2) is 18.5 Å². The standard InChI is InChI=1S/C12H17N3O/c1-8-4-2-5-9(11(8)13)15-7-3-6-10(15)12(14)16/h2,4-5,10H,3,6-7,13H2,1H3,(H2,14,16). The Morgan fingerprint density at radius 2 is 2.25 bits per heavy atom. The molecular formula is C12H17N3O. The van der Waals surface area contributed by atoms with Gasteiger partial charge in [-0.25, -0.2) is 0 Å². The van der Waals surface area contributed by atoms with Gasteiger partial charge < -0.3 is 16.4 Å². The highest BCUT2D eigenvalue weighted by atomic mass is 16.1. The van der Waals surface area contributed by atoms with E-state index in [4.69, 9.17) is 11.5 Å². The number of hydrogen-bond acceptors (Lipinski definition) is 3. The van der Waals surface area contributed by atoms with Crippen LogP contribution in [0.4, 0.5) is 11.4 Å². The molecule has 86 valence electrons. The van der Waals surface area contributed by atoms with Crippen molar-refractivity contribution in [2.45, 2.75) is 25.8 Å². The number of nitrogens with two attached hydrogens (primary N) is 2. The molecule has 2 rings (SSSR count). The molecule has 16 heavy (non-hydrogen) atoms. The first-order valence-electron chi connectivity index (χ1n) is 5.52. The molecule has 1 amide bonds. The van der Waals surface area contributed by atoms with Gasteiger partial charge in [-0.2, -0.15) is 0 Å². The lowest BCUT2D eigenvalue weighted by Gasteiger charge is -2.26. The first-order chi connectivity index (χ1) is 7.61. The molecule has 0 aliphatic carbocycles. The zero-order valence-corrected chi connectivity index (χ0v) is 9.44. The summed E-state index contributed by atoms with van der Waals surface area (Å²) in [6.45, 7) is 2.81. The van der Waals surface area contributed by atoms with E-state index in [-0.39, 0.29) is 11.9 Å². The minimum atomic E-state index is -0.265. The Hall–Kier alpha value is -1.71. The Morgan fingerprint density at radius 1 is 1.50 bits per heavy atom. The van der Waals surface area contributed by atoms with Crippen molar-refractivity contribution >= 4 is 17.3 Å². The van der Waals surface area contributed by atoms with E-state index in [0.29, 0.717) is 0 Å². The van der Waals surface area contributed by atoms with Gasteiger partial charge in [0.2, 0.25) is 5.91 Å². The Morgan fingerprint density at radius 3 is 2.94 bits per heavy atom. The van der Waals surface area contributed by atoms with Crippen molar-refractivity contribution in [2.75, 3.05) is 17.2 Å². The van der Waals surface area contributed by atoms with Crippen LogP contribution in [0.25, 0.3) is 0 Å². The topological polar surface area (TPSA) is 72.3 Å². The summed E-state index contributed by atoms with van der Waals surface area (Å²) >= 11 is 0. The van der Waals surface area contributed by atoms with Crippen LogP contribution in [0.5, 0.6) is 0 Å². The minimum Gasteiger partial charge on any atom is -0.397 e. The fourth-order valence-electron chi connectivity index (χ4n) is 2.27. The number of para-hydroxylation sites is 1. The Labute approximate surface area is 95.2 Å². The fraction of sp³-hybridized carbons (Fsp3) is 0.417. The van der Waals surface area contributed by atoms with Crippen LogP contribution in [0, 0.1) is 6.92 Å². The van der Waals surface area contributed by atoms with Gasteiger partial charge in [0.25, 0.3) is 0 Å². The summed E-state index contributed by atoms with van der Waals surface area (Å²) in [6.07, 6.45) is 1.81. The molecule has 1 unspecified atom stereocenters. The van der Waals surface area contributed by atoms with Crippen LogP contribution in [-0.2, 0) is 4.79 Å². The van der Waals surface area contributed by atoms with Crippen molar-refractivity contribution in [1.82, 2.24) is 0 Å². The van der Waals surface area contributed by atoms with E-state index in [1.54, 1.807) is 0 Å². The lowest BCUT2D eigenvalue weighted by Crippen LogP contribution is -2.40. The molecule has 1 aromatic carbocycles. The largest absolute Gasteiger partial charge is 0.397 e. The lowest BCUT2D eigenvalue weighted by molar-refractivity contribution is -0.119. The van der Waals surface area contributed by atoms with Gasteiger partial charge in [0.05, 0.1) is 11.4 Å². The van der Waals surface area contributed by atoms with E-state index in [9.17, 15) is 4.79 Å². The highest BCUT2D eigenvalue weighted by molar-refractivity contribution is 5.86. The van der Waals surface area contributed by atoms with Gasteiger partial charge in [-0.1, -0.05) is 12.1 Å². The molecule has 0 saturated carbocycles. The summed E-state index contributed by atoms with van der Waals surface area (Å²) in [6, 6.07) is 5.67. The maximum atomic E-state index is 11.3. The molecule has 4 heteroatoms. The quantitative estimate of drug-likeness (QED) is 0.730.